The number of rotatable bonds is 13. The van der Waals surface area contributed by atoms with Gasteiger partial charge in [0.1, 0.15) is 6.10 Å². The lowest BCUT2D eigenvalue weighted by Crippen LogP contribution is -2.39. The molecule has 1 aromatic rings. The van der Waals surface area contributed by atoms with E-state index in [4.69, 9.17) is 14.2 Å². The van der Waals surface area contributed by atoms with E-state index < -0.39 is 0 Å². The van der Waals surface area contributed by atoms with Gasteiger partial charge >= 0.3 is 5.97 Å². The van der Waals surface area contributed by atoms with Gasteiger partial charge in [-0.3, -0.25) is 4.79 Å². The molecule has 0 unspecified atom stereocenters. The number of carbonyl (C=O) groups is 1. The maximum Gasteiger partial charge on any atom is 0.306 e. The Balaban J connectivity index is 1.46. The minimum atomic E-state index is -0.275. The number of unbranched alkanes of at least 4 members (excludes halogenated alkanes) is 8. The van der Waals surface area contributed by atoms with Crippen LogP contribution < -0.4 is 0 Å². The Morgan fingerprint density at radius 1 is 0.926 bits per heavy atom. The number of carbonyl (C=O) groups excluding carboxylic acids is 1. The van der Waals surface area contributed by atoms with Crippen molar-refractivity contribution in [3.63, 3.8) is 0 Å². The standard InChI is InChI=1S/C23H36O4/c1-2-3-4-5-6-7-8-9-13-16-22(24)27-21-18-25-23(26-19-21)17-20-14-11-10-12-15-20/h10-12,14-15,21,23H,2-9,13,16-19H2,1H3. The van der Waals surface area contributed by atoms with Crippen molar-refractivity contribution in [2.45, 2.75) is 89.9 Å². The molecule has 1 aromatic carbocycles. The van der Waals surface area contributed by atoms with Crippen LogP contribution in [-0.4, -0.2) is 31.6 Å². The molecule has 0 spiro atoms. The van der Waals surface area contributed by atoms with Crippen molar-refractivity contribution in [2.75, 3.05) is 13.2 Å². The first kappa shape index (κ1) is 21.9. The summed E-state index contributed by atoms with van der Waals surface area (Å²) in [7, 11) is 0. The van der Waals surface area contributed by atoms with Crippen LogP contribution in [0.1, 0.15) is 76.7 Å². The molecule has 4 heteroatoms. The van der Waals surface area contributed by atoms with E-state index in [0.29, 0.717) is 19.6 Å². The lowest BCUT2D eigenvalue weighted by molar-refractivity contribution is -0.224. The predicted molar refractivity (Wildman–Crippen MR) is 108 cm³/mol. The molecule has 1 aliphatic rings. The van der Waals surface area contributed by atoms with Crippen molar-refractivity contribution in [1.82, 2.24) is 0 Å². The maximum atomic E-state index is 12.0. The van der Waals surface area contributed by atoms with Crippen LogP contribution in [0.3, 0.4) is 0 Å². The molecule has 1 saturated heterocycles. The molecule has 0 bridgehead atoms. The number of hydrogen-bond donors (Lipinski definition) is 0. The first-order valence-corrected chi connectivity index (χ1v) is 10.7. The summed E-state index contributed by atoms with van der Waals surface area (Å²) in [5.74, 6) is -0.128. The van der Waals surface area contributed by atoms with Crippen molar-refractivity contribution in [2.24, 2.45) is 0 Å². The maximum absolute atomic E-state index is 12.0. The van der Waals surface area contributed by atoms with Gasteiger partial charge in [-0.15, -0.1) is 0 Å². The van der Waals surface area contributed by atoms with E-state index in [2.05, 4.69) is 19.1 Å². The fourth-order valence-electron chi connectivity index (χ4n) is 3.34. The van der Waals surface area contributed by atoms with Gasteiger partial charge in [0.2, 0.25) is 0 Å². The van der Waals surface area contributed by atoms with Crippen molar-refractivity contribution in [1.29, 1.82) is 0 Å². The third kappa shape index (κ3) is 9.92. The minimum absolute atomic E-state index is 0.128. The van der Waals surface area contributed by atoms with Crippen LogP contribution in [0.2, 0.25) is 0 Å². The minimum Gasteiger partial charge on any atom is -0.457 e. The Labute approximate surface area is 164 Å². The van der Waals surface area contributed by atoms with Gasteiger partial charge < -0.3 is 14.2 Å². The van der Waals surface area contributed by atoms with Gasteiger partial charge in [-0.2, -0.15) is 0 Å². The SMILES string of the molecule is CCCCCCCCCCCC(=O)OC1COC(Cc2ccccc2)OC1. The van der Waals surface area contributed by atoms with Crippen LogP contribution in [-0.2, 0) is 25.4 Å². The van der Waals surface area contributed by atoms with E-state index in [1.807, 2.05) is 18.2 Å². The van der Waals surface area contributed by atoms with E-state index in [0.717, 1.165) is 19.3 Å². The molecular weight excluding hydrogens is 340 g/mol. The smallest absolute Gasteiger partial charge is 0.306 e. The third-order valence-corrected chi connectivity index (χ3v) is 4.96. The molecule has 0 amide bonds. The molecule has 1 aliphatic heterocycles. The zero-order valence-electron chi connectivity index (χ0n) is 16.9. The highest BCUT2D eigenvalue weighted by atomic mass is 16.7. The molecule has 27 heavy (non-hydrogen) atoms. The molecule has 0 aromatic heterocycles. The van der Waals surface area contributed by atoms with Gasteiger partial charge in [0.25, 0.3) is 0 Å². The molecule has 0 saturated carbocycles. The summed E-state index contributed by atoms with van der Waals surface area (Å²) < 4.78 is 16.9. The average molecular weight is 377 g/mol. The largest absolute Gasteiger partial charge is 0.457 e. The molecule has 152 valence electrons. The summed E-state index contributed by atoms with van der Waals surface area (Å²) in [6.07, 6.45) is 11.9. The highest BCUT2D eigenvalue weighted by molar-refractivity contribution is 5.69. The van der Waals surface area contributed by atoms with Gasteiger partial charge in [-0.25, -0.2) is 0 Å². The van der Waals surface area contributed by atoms with Gasteiger partial charge in [-0.1, -0.05) is 88.6 Å². The second-order valence-electron chi connectivity index (χ2n) is 7.48. The lowest BCUT2D eigenvalue weighted by Gasteiger charge is -2.29. The number of ether oxygens (including phenoxy) is 3. The zero-order valence-corrected chi connectivity index (χ0v) is 16.9. The fourth-order valence-corrected chi connectivity index (χ4v) is 3.34. The molecule has 0 radical (unpaired) electrons. The van der Waals surface area contributed by atoms with E-state index >= 15 is 0 Å². The Hall–Kier alpha value is -1.39. The van der Waals surface area contributed by atoms with Crippen molar-refractivity contribution in [3.8, 4) is 0 Å². The topological polar surface area (TPSA) is 44.8 Å². The summed E-state index contributed by atoms with van der Waals surface area (Å²) in [6, 6.07) is 10.1. The first-order chi connectivity index (χ1) is 13.3. The first-order valence-electron chi connectivity index (χ1n) is 10.7. The summed E-state index contributed by atoms with van der Waals surface area (Å²) in [5.41, 5.74) is 1.18. The van der Waals surface area contributed by atoms with Gasteiger partial charge in [0, 0.05) is 12.8 Å². The van der Waals surface area contributed by atoms with Crippen molar-refractivity contribution < 1.29 is 19.0 Å². The summed E-state index contributed by atoms with van der Waals surface area (Å²) >= 11 is 0. The van der Waals surface area contributed by atoms with Crippen LogP contribution in [0.5, 0.6) is 0 Å². The highest BCUT2D eigenvalue weighted by Gasteiger charge is 2.25. The second-order valence-corrected chi connectivity index (χ2v) is 7.48. The zero-order chi connectivity index (χ0) is 19.2. The molecule has 1 fully saturated rings. The van der Waals surface area contributed by atoms with Crippen LogP contribution >= 0.6 is 0 Å². The molecule has 2 rings (SSSR count). The van der Waals surface area contributed by atoms with E-state index in [9.17, 15) is 4.79 Å². The Morgan fingerprint density at radius 3 is 2.15 bits per heavy atom. The molecule has 0 aliphatic carbocycles. The van der Waals surface area contributed by atoms with Crippen LogP contribution in [0.15, 0.2) is 30.3 Å². The lowest BCUT2D eigenvalue weighted by atomic mass is 10.1. The van der Waals surface area contributed by atoms with Gasteiger partial charge in [-0.05, 0) is 12.0 Å². The Bertz CT molecular complexity index is 494. The fraction of sp³-hybridized carbons (Fsp3) is 0.696. The molecular formula is C23H36O4. The quantitative estimate of drug-likeness (QED) is 0.340. The Morgan fingerprint density at radius 2 is 1.52 bits per heavy atom. The number of esters is 1. The third-order valence-electron chi connectivity index (χ3n) is 4.96. The summed E-state index contributed by atoms with van der Waals surface area (Å²) in [5, 5.41) is 0. The Kier molecular flexibility index (Phi) is 11.1. The van der Waals surface area contributed by atoms with Crippen molar-refractivity contribution >= 4 is 5.97 Å². The summed E-state index contributed by atoms with van der Waals surface area (Å²) in [6.45, 7) is 3.08. The molecule has 4 nitrogen and oxygen atoms in total. The monoisotopic (exact) mass is 376 g/mol. The molecule has 1 heterocycles. The van der Waals surface area contributed by atoms with E-state index in [1.165, 1.54) is 50.5 Å². The van der Waals surface area contributed by atoms with Gasteiger partial charge in [0.05, 0.1) is 13.2 Å². The van der Waals surface area contributed by atoms with Crippen LogP contribution in [0.25, 0.3) is 0 Å². The van der Waals surface area contributed by atoms with Crippen LogP contribution in [0, 0.1) is 0 Å². The molecule has 0 N–H and O–H groups in total. The van der Waals surface area contributed by atoms with Crippen molar-refractivity contribution in [3.05, 3.63) is 35.9 Å². The summed E-state index contributed by atoms with van der Waals surface area (Å²) in [4.78, 5) is 12.0. The van der Waals surface area contributed by atoms with E-state index in [1.54, 1.807) is 0 Å². The highest BCUT2D eigenvalue weighted by Crippen LogP contribution is 2.15. The van der Waals surface area contributed by atoms with Crippen LogP contribution in [0.4, 0.5) is 0 Å². The van der Waals surface area contributed by atoms with E-state index in [-0.39, 0.29) is 18.4 Å². The second kappa shape index (κ2) is 13.7. The predicted octanol–water partition coefficient (Wildman–Crippen LogP) is 5.43. The normalized spacial score (nSPS) is 19.7. The average Bonchev–Trinajstić information content (AvgIpc) is 2.69. The number of hydrogen-bond acceptors (Lipinski definition) is 4. The number of benzene rings is 1. The van der Waals surface area contributed by atoms with Gasteiger partial charge in [0.15, 0.2) is 6.29 Å². The molecule has 0 atom stereocenters.